The van der Waals surface area contributed by atoms with Crippen molar-refractivity contribution in [2.75, 3.05) is 19.0 Å². The molecule has 5 heteroatoms. The van der Waals surface area contributed by atoms with Gasteiger partial charge in [0.05, 0.1) is 17.4 Å². The third-order valence-electron chi connectivity index (χ3n) is 2.76. The van der Waals surface area contributed by atoms with Crippen molar-refractivity contribution in [2.24, 2.45) is 0 Å². The van der Waals surface area contributed by atoms with Crippen molar-refractivity contribution in [3.8, 4) is 11.5 Å². The molecule has 0 aromatic carbocycles. The van der Waals surface area contributed by atoms with E-state index in [9.17, 15) is 0 Å². The third kappa shape index (κ3) is 1.79. The first-order chi connectivity index (χ1) is 8.74. The zero-order chi connectivity index (χ0) is 12.5. The van der Waals surface area contributed by atoms with Crippen LogP contribution in [0, 0.1) is 0 Å². The maximum absolute atomic E-state index is 4.41. The average molecular weight is 239 g/mol. The van der Waals surface area contributed by atoms with Gasteiger partial charge in [-0.1, -0.05) is 0 Å². The fourth-order valence-electron chi connectivity index (χ4n) is 1.76. The van der Waals surface area contributed by atoms with Crippen LogP contribution < -0.4 is 4.90 Å². The van der Waals surface area contributed by atoms with Gasteiger partial charge < -0.3 is 9.88 Å². The minimum Gasteiger partial charge on any atom is -0.376 e. The first-order valence-electron chi connectivity index (χ1n) is 5.68. The van der Waals surface area contributed by atoms with E-state index in [-0.39, 0.29) is 0 Å². The summed E-state index contributed by atoms with van der Waals surface area (Å²) in [5.41, 5.74) is 3.52. The van der Waals surface area contributed by atoms with Crippen LogP contribution in [0.5, 0.6) is 0 Å². The van der Waals surface area contributed by atoms with E-state index in [1.807, 2.05) is 49.5 Å². The van der Waals surface area contributed by atoms with E-state index in [0.29, 0.717) is 5.65 Å². The fourth-order valence-corrected chi connectivity index (χ4v) is 1.76. The summed E-state index contributed by atoms with van der Waals surface area (Å²) < 4.78 is 0. The SMILES string of the molecule is CN(C)c1ccc(-c2nc3ncccc3[nH]2)nc1. The molecule has 3 rings (SSSR count). The molecule has 0 bridgehead atoms. The summed E-state index contributed by atoms with van der Waals surface area (Å²) in [5.74, 6) is 0.744. The number of fused-ring (bicyclic) bond motifs is 1. The van der Waals surface area contributed by atoms with Crippen LogP contribution in [0.2, 0.25) is 0 Å². The maximum atomic E-state index is 4.41. The van der Waals surface area contributed by atoms with Gasteiger partial charge in [0.25, 0.3) is 0 Å². The number of aromatic amines is 1. The lowest BCUT2D eigenvalue weighted by Crippen LogP contribution is -2.08. The Balaban J connectivity index is 2.03. The van der Waals surface area contributed by atoms with Gasteiger partial charge in [0, 0.05) is 20.3 Å². The summed E-state index contributed by atoms with van der Waals surface area (Å²) in [7, 11) is 3.98. The Morgan fingerprint density at radius 2 is 2.00 bits per heavy atom. The van der Waals surface area contributed by atoms with Crippen LogP contribution in [0.4, 0.5) is 5.69 Å². The number of hydrogen-bond acceptors (Lipinski definition) is 4. The molecule has 0 aliphatic heterocycles. The summed E-state index contributed by atoms with van der Waals surface area (Å²) in [6.07, 6.45) is 3.56. The molecular formula is C13H13N5. The monoisotopic (exact) mass is 239 g/mol. The molecule has 0 atom stereocenters. The van der Waals surface area contributed by atoms with Gasteiger partial charge in [-0.15, -0.1) is 0 Å². The number of hydrogen-bond donors (Lipinski definition) is 1. The zero-order valence-electron chi connectivity index (χ0n) is 10.3. The predicted octanol–water partition coefficient (Wildman–Crippen LogP) is 2.09. The number of rotatable bonds is 2. The standard InChI is InChI=1S/C13H13N5/c1-18(2)9-5-6-10(15-8-9)13-16-11-4-3-7-14-12(11)17-13/h3-8H,1-2H3,(H,14,16,17). The van der Waals surface area contributed by atoms with Crippen molar-refractivity contribution >= 4 is 16.9 Å². The van der Waals surface area contributed by atoms with Gasteiger partial charge in [0.1, 0.15) is 5.69 Å². The van der Waals surface area contributed by atoms with E-state index in [1.54, 1.807) is 6.20 Å². The van der Waals surface area contributed by atoms with Crippen LogP contribution in [0.3, 0.4) is 0 Å². The summed E-state index contributed by atoms with van der Waals surface area (Å²) in [5, 5.41) is 0. The molecule has 3 heterocycles. The van der Waals surface area contributed by atoms with Crippen molar-refractivity contribution in [3.63, 3.8) is 0 Å². The Bertz CT molecular complexity index is 636. The lowest BCUT2D eigenvalue weighted by Gasteiger charge is -2.11. The van der Waals surface area contributed by atoms with Gasteiger partial charge in [0.15, 0.2) is 11.5 Å². The van der Waals surface area contributed by atoms with Crippen molar-refractivity contribution < 1.29 is 0 Å². The summed E-state index contributed by atoms with van der Waals surface area (Å²) in [6, 6.07) is 7.80. The summed E-state index contributed by atoms with van der Waals surface area (Å²) in [4.78, 5) is 18.2. The number of imidazole rings is 1. The first kappa shape index (κ1) is 10.7. The van der Waals surface area contributed by atoms with E-state index < -0.39 is 0 Å². The molecule has 0 radical (unpaired) electrons. The number of nitrogens with one attached hydrogen (secondary N) is 1. The van der Waals surface area contributed by atoms with Crippen molar-refractivity contribution in [1.82, 2.24) is 19.9 Å². The second kappa shape index (κ2) is 4.10. The minimum absolute atomic E-state index is 0.714. The summed E-state index contributed by atoms with van der Waals surface area (Å²) in [6.45, 7) is 0. The lowest BCUT2D eigenvalue weighted by molar-refractivity contribution is 1.11. The van der Waals surface area contributed by atoms with E-state index in [2.05, 4.69) is 19.9 Å². The van der Waals surface area contributed by atoms with Crippen LogP contribution in [0.25, 0.3) is 22.7 Å². The number of nitrogens with zero attached hydrogens (tertiary/aromatic N) is 4. The van der Waals surface area contributed by atoms with Crippen molar-refractivity contribution in [3.05, 3.63) is 36.7 Å². The molecule has 18 heavy (non-hydrogen) atoms. The van der Waals surface area contributed by atoms with E-state index in [0.717, 1.165) is 22.7 Å². The van der Waals surface area contributed by atoms with Crippen LogP contribution in [0.1, 0.15) is 0 Å². The highest BCUT2D eigenvalue weighted by Gasteiger charge is 2.07. The molecule has 3 aromatic rings. The molecule has 0 aliphatic rings. The molecule has 90 valence electrons. The molecule has 0 spiro atoms. The highest BCUT2D eigenvalue weighted by atomic mass is 15.1. The smallest absolute Gasteiger partial charge is 0.178 e. The molecule has 0 aliphatic carbocycles. The first-order valence-corrected chi connectivity index (χ1v) is 5.68. The lowest BCUT2D eigenvalue weighted by atomic mass is 10.3. The molecule has 3 aromatic heterocycles. The van der Waals surface area contributed by atoms with Crippen LogP contribution in [0.15, 0.2) is 36.7 Å². The Labute approximate surface area is 105 Å². The van der Waals surface area contributed by atoms with Crippen LogP contribution in [-0.2, 0) is 0 Å². The molecule has 0 unspecified atom stereocenters. The molecule has 1 N–H and O–H groups in total. The third-order valence-corrected chi connectivity index (χ3v) is 2.76. The quantitative estimate of drug-likeness (QED) is 0.744. The number of pyridine rings is 2. The molecule has 0 saturated carbocycles. The molecule has 0 fully saturated rings. The van der Waals surface area contributed by atoms with Gasteiger partial charge in [0.2, 0.25) is 0 Å². The molecular weight excluding hydrogens is 226 g/mol. The Kier molecular flexibility index (Phi) is 2.44. The van der Waals surface area contributed by atoms with E-state index in [4.69, 9.17) is 0 Å². The van der Waals surface area contributed by atoms with Gasteiger partial charge in [-0.05, 0) is 24.3 Å². The summed E-state index contributed by atoms with van der Waals surface area (Å²) >= 11 is 0. The number of aromatic nitrogens is 4. The van der Waals surface area contributed by atoms with Crippen LogP contribution in [-0.4, -0.2) is 34.0 Å². The predicted molar refractivity (Wildman–Crippen MR) is 71.4 cm³/mol. The van der Waals surface area contributed by atoms with E-state index >= 15 is 0 Å². The average Bonchev–Trinajstić information content (AvgIpc) is 2.82. The number of H-pyrrole nitrogens is 1. The second-order valence-electron chi connectivity index (χ2n) is 4.26. The Morgan fingerprint density at radius 1 is 1.11 bits per heavy atom. The molecule has 0 saturated heterocycles. The van der Waals surface area contributed by atoms with E-state index in [1.165, 1.54) is 0 Å². The highest BCUT2D eigenvalue weighted by Crippen LogP contribution is 2.19. The normalized spacial score (nSPS) is 10.8. The Hall–Kier alpha value is -2.43. The van der Waals surface area contributed by atoms with Gasteiger partial charge in [-0.2, -0.15) is 0 Å². The fraction of sp³-hybridized carbons (Fsp3) is 0.154. The van der Waals surface area contributed by atoms with Gasteiger partial charge in [-0.25, -0.2) is 9.97 Å². The molecule has 0 amide bonds. The van der Waals surface area contributed by atoms with Crippen molar-refractivity contribution in [1.29, 1.82) is 0 Å². The van der Waals surface area contributed by atoms with Gasteiger partial charge >= 0.3 is 0 Å². The highest BCUT2D eigenvalue weighted by molar-refractivity contribution is 5.74. The minimum atomic E-state index is 0.714. The molecule has 5 nitrogen and oxygen atoms in total. The number of anilines is 1. The van der Waals surface area contributed by atoms with Crippen LogP contribution >= 0.6 is 0 Å². The Morgan fingerprint density at radius 3 is 2.67 bits per heavy atom. The van der Waals surface area contributed by atoms with Gasteiger partial charge in [-0.3, -0.25) is 4.98 Å². The maximum Gasteiger partial charge on any atom is 0.178 e. The second-order valence-corrected chi connectivity index (χ2v) is 4.26. The topological polar surface area (TPSA) is 57.7 Å². The zero-order valence-corrected chi connectivity index (χ0v) is 10.3. The van der Waals surface area contributed by atoms with Crippen molar-refractivity contribution in [2.45, 2.75) is 0 Å². The largest absolute Gasteiger partial charge is 0.376 e.